The Balaban J connectivity index is 2.11. The lowest BCUT2D eigenvalue weighted by molar-refractivity contribution is -0.785. The second-order valence-corrected chi connectivity index (χ2v) is 7.03. The van der Waals surface area contributed by atoms with Gasteiger partial charge in [-0.05, 0) is 35.4 Å². The second-order valence-electron chi connectivity index (χ2n) is 6.19. The zero-order valence-corrected chi connectivity index (χ0v) is 16.4. The summed E-state index contributed by atoms with van der Waals surface area (Å²) in [6.07, 6.45) is 5.03. The molecule has 0 bridgehead atoms. The molecule has 3 rings (SSSR count). The molecule has 7 nitrogen and oxygen atoms in total. The third-order valence-electron chi connectivity index (χ3n) is 4.35. The van der Waals surface area contributed by atoms with Crippen LogP contribution in [0, 0.1) is 10.1 Å². The van der Waals surface area contributed by atoms with Crippen molar-refractivity contribution in [3.63, 3.8) is 0 Å². The van der Waals surface area contributed by atoms with E-state index in [4.69, 9.17) is 32.8 Å². The van der Waals surface area contributed by atoms with Crippen molar-refractivity contribution in [3.05, 3.63) is 92.5 Å². The minimum absolute atomic E-state index is 0.147. The smallest absolute Gasteiger partial charge is 0.295 e. The Kier molecular flexibility index (Phi) is 6.06. The van der Waals surface area contributed by atoms with E-state index in [0.717, 1.165) is 0 Å². The first-order valence-electron chi connectivity index (χ1n) is 8.29. The number of methoxy groups -OCH3 is 1. The molecule has 1 aromatic heterocycles. The Morgan fingerprint density at radius 1 is 1.21 bits per heavy atom. The molecule has 0 saturated carbocycles. The summed E-state index contributed by atoms with van der Waals surface area (Å²) >= 11 is 12.3. The summed E-state index contributed by atoms with van der Waals surface area (Å²) in [6, 6.07) is 12.0. The largest absolute Gasteiger partial charge is 0.497 e. The fourth-order valence-corrected chi connectivity index (χ4v) is 3.52. The van der Waals surface area contributed by atoms with E-state index in [1.807, 2.05) is 0 Å². The normalized spacial score (nSPS) is 13.0. The highest BCUT2D eigenvalue weighted by Gasteiger charge is 2.38. The van der Waals surface area contributed by atoms with Crippen LogP contribution in [-0.2, 0) is 23.4 Å². The molecule has 1 heterocycles. The minimum atomic E-state index is -1.34. The predicted octanol–water partition coefficient (Wildman–Crippen LogP) is 4.55. The topological polar surface area (TPSA) is 79.4 Å². The lowest BCUT2D eigenvalue weighted by Gasteiger charge is -2.33. The molecule has 3 aromatic rings. The van der Waals surface area contributed by atoms with E-state index in [1.54, 1.807) is 72.9 Å². The van der Waals surface area contributed by atoms with E-state index in [-0.39, 0.29) is 13.0 Å². The van der Waals surface area contributed by atoms with Gasteiger partial charge >= 0.3 is 0 Å². The maximum Gasteiger partial charge on any atom is 0.295 e. The van der Waals surface area contributed by atoms with Crippen molar-refractivity contribution in [1.82, 2.24) is 9.55 Å². The van der Waals surface area contributed by atoms with Gasteiger partial charge in [-0.15, -0.1) is 10.1 Å². The monoisotopic (exact) mass is 421 g/mol. The van der Waals surface area contributed by atoms with Crippen LogP contribution in [0.15, 0.2) is 61.2 Å². The third kappa shape index (κ3) is 4.55. The number of rotatable bonds is 8. The van der Waals surface area contributed by atoms with Crippen molar-refractivity contribution >= 4 is 23.2 Å². The van der Waals surface area contributed by atoms with Gasteiger partial charge in [0.1, 0.15) is 5.75 Å². The molecule has 0 N–H and O–H groups in total. The standard InChI is InChI=1S/C19H17Cl2N3O4/c1-27-17-6-3-15(4-7-17)19(28-24(25)26,12-23-9-8-22-13-23)11-14-2-5-16(20)10-18(14)21/h2-10,13H,11-12H2,1H3. The van der Waals surface area contributed by atoms with Crippen LogP contribution in [0.25, 0.3) is 0 Å². The molecule has 0 aliphatic carbocycles. The number of halogens is 2. The van der Waals surface area contributed by atoms with E-state index in [2.05, 4.69) is 4.98 Å². The van der Waals surface area contributed by atoms with Crippen molar-refractivity contribution < 1.29 is 14.7 Å². The quantitative estimate of drug-likeness (QED) is 0.393. The highest BCUT2D eigenvalue weighted by Crippen LogP contribution is 2.36. The number of hydrogen-bond donors (Lipinski definition) is 0. The summed E-state index contributed by atoms with van der Waals surface area (Å²) < 4.78 is 6.91. The van der Waals surface area contributed by atoms with E-state index in [1.165, 1.54) is 0 Å². The summed E-state index contributed by atoms with van der Waals surface area (Å²) in [5.41, 5.74) is -0.0675. The van der Waals surface area contributed by atoms with Crippen LogP contribution in [-0.4, -0.2) is 21.7 Å². The highest BCUT2D eigenvalue weighted by atomic mass is 35.5. The molecule has 28 heavy (non-hydrogen) atoms. The van der Waals surface area contributed by atoms with E-state index in [9.17, 15) is 10.1 Å². The van der Waals surface area contributed by atoms with Gasteiger partial charge in [-0.25, -0.2) is 4.98 Å². The van der Waals surface area contributed by atoms with Gasteiger partial charge in [-0.1, -0.05) is 41.4 Å². The predicted molar refractivity (Wildman–Crippen MR) is 105 cm³/mol. The Labute approximate surface area is 171 Å². The summed E-state index contributed by atoms with van der Waals surface area (Å²) in [7, 11) is 1.55. The van der Waals surface area contributed by atoms with Gasteiger partial charge in [0.25, 0.3) is 5.09 Å². The van der Waals surface area contributed by atoms with Crippen molar-refractivity contribution in [2.45, 2.75) is 18.6 Å². The molecule has 0 saturated heterocycles. The lowest BCUT2D eigenvalue weighted by Crippen LogP contribution is -2.39. The summed E-state index contributed by atoms with van der Waals surface area (Å²) in [5.74, 6) is 0.630. The Morgan fingerprint density at radius 3 is 2.54 bits per heavy atom. The third-order valence-corrected chi connectivity index (χ3v) is 4.94. The molecule has 1 atom stereocenters. The molecule has 0 aliphatic rings. The Hall–Kier alpha value is -2.77. The van der Waals surface area contributed by atoms with E-state index >= 15 is 0 Å². The van der Waals surface area contributed by atoms with Crippen LogP contribution in [0.5, 0.6) is 5.75 Å². The number of hydrogen-bond acceptors (Lipinski definition) is 5. The molecule has 0 amide bonds. The molecular formula is C19H17Cl2N3O4. The molecule has 2 aromatic carbocycles. The molecule has 0 aliphatic heterocycles. The molecule has 0 fully saturated rings. The zero-order chi connectivity index (χ0) is 20.1. The fraction of sp³-hybridized carbons (Fsp3) is 0.211. The average Bonchev–Trinajstić information content (AvgIpc) is 3.16. The van der Waals surface area contributed by atoms with Gasteiger partial charge in [-0.2, -0.15) is 0 Å². The number of aromatic nitrogens is 2. The van der Waals surface area contributed by atoms with Gasteiger partial charge < -0.3 is 14.1 Å². The maximum absolute atomic E-state index is 11.4. The molecule has 0 radical (unpaired) electrons. The van der Waals surface area contributed by atoms with Gasteiger partial charge in [-0.3, -0.25) is 0 Å². The van der Waals surface area contributed by atoms with Crippen LogP contribution < -0.4 is 4.74 Å². The number of benzene rings is 2. The summed E-state index contributed by atoms with van der Waals surface area (Å²) in [4.78, 5) is 20.8. The van der Waals surface area contributed by atoms with Gasteiger partial charge in [0, 0.05) is 28.9 Å². The number of ether oxygens (including phenoxy) is 1. The van der Waals surface area contributed by atoms with Crippen LogP contribution in [0.3, 0.4) is 0 Å². The summed E-state index contributed by atoms with van der Waals surface area (Å²) in [6.45, 7) is 0.152. The van der Waals surface area contributed by atoms with Crippen LogP contribution in [0.1, 0.15) is 11.1 Å². The lowest BCUT2D eigenvalue weighted by atomic mass is 9.86. The van der Waals surface area contributed by atoms with Crippen LogP contribution >= 0.6 is 23.2 Å². The van der Waals surface area contributed by atoms with Crippen molar-refractivity contribution in [1.29, 1.82) is 0 Å². The first-order valence-corrected chi connectivity index (χ1v) is 9.05. The Bertz CT molecular complexity index is 948. The molecule has 0 spiro atoms. The maximum atomic E-state index is 11.4. The zero-order valence-electron chi connectivity index (χ0n) is 14.9. The van der Waals surface area contributed by atoms with Crippen LogP contribution in [0.2, 0.25) is 10.0 Å². The van der Waals surface area contributed by atoms with Crippen molar-refractivity contribution in [2.75, 3.05) is 7.11 Å². The fourth-order valence-electron chi connectivity index (χ4n) is 3.05. The SMILES string of the molecule is COc1ccc(C(Cc2ccc(Cl)cc2Cl)(Cn2ccnc2)O[N+](=O)[O-])cc1. The van der Waals surface area contributed by atoms with Crippen molar-refractivity contribution in [2.24, 2.45) is 0 Å². The van der Waals surface area contributed by atoms with E-state index < -0.39 is 10.7 Å². The molecular weight excluding hydrogens is 405 g/mol. The van der Waals surface area contributed by atoms with Gasteiger partial charge in [0.05, 0.1) is 20.0 Å². The number of nitrogens with zero attached hydrogens (tertiary/aromatic N) is 3. The van der Waals surface area contributed by atoms with Gasteiger partial charge in [0.15, 0.2) is 5.60 Å². The Morgan fingerprint density at radius 2 is 1.96 bits per heavy atom. The first kappa shape index (κ1) is 20.0. The number of imidazole rings is 1. The van der Waals surface area contributed by atoms with Crippen molar-refractivity contribution in [3.8, 4) is 5.75 Å². The summed E-state index contributed by atoms with van der Waals surface area (Å²) in [5, 5.41) is 11.5. The highest BCUT2D eigenvalue weighted by molar-refractivity contribution is 6.35. The van der Waals surface area contributed by atoms with E-state index in [0.29, 0.717) is 26.9 Å². The molecule has 146 valence electrons. The minimum Gasteiger partial charge on any atom is -0.497 e. The molecule has 9 heteroatoms. The average molecular weight is 422 g/mol. The van der Waals surface area contributed by atoms with Crippen LogP contribution in [0.4, 0.5) is 0 Å². The second kappa shape index (κ2) is 8.50. The van der Waals surface area contributed by atoms with Gasteiger partial charge in [0.2, 0.25) is 0 Å². The first-order chi connectivity index (χ1) is 13.4. The molecule has 1 unspecified atom stereocenters.